The summed E-state index contributed by atoms with van der Waals surface area (Å²) in [7, 11) is 1.61. The van der Waals surface area contributed by atoms with E-state index in [0.717, 1.165) is 28.9 Å². The maximum atomic E-state index is 5.66. The molecule has 0 N–H and O–H groups in total. The van der Waals surface area contributed by atoms with Gasteiger partial charge in [0.2, 0.25) is 0 Å². The van der Waals surface area contributed by atoms with Gasteiger partial charge in [-0.1, -0.05) is 12.1 Å². The van der Waals surface area contributed by atoms with Crippen molar-refractivity contribution in [2.75, 3.05) is 27.1 Å². The van der Waals surface area contributed by atoms with Crippen molar-refractivity contribution < 1.29 is 18.9 Å². The normalized spacial score (nSPS) is 17.4. The Bertz CT molecular complexity index is 563. The minimum atomic E-state index is 0.258. The molecule has 1 heterocycles. The zero-order chi connectivity index (χ0) is 13.1. The molecule has 1 fully saturated rings. The third-order valence-electron chi connectivity index (χ3n) is 2.96. The lowest BCUT2D eigenvalue weighted by atomic mass is 10.1. The van der Waals surface area contributed by atoms with Crippen LogP contribution in [0.5, 0.6) is 11.5 Å². The smallest absolute Gasteiger partial charge is 0.188 e. The van der Waals surface area contributed by atoms with E-state index >= 15 is 0 Å². The van der Waals surface area contributed by atoms with Crippen molar-refractivity contribution in [3.63, 3.8) is 0 Å². The summed E-state index contributed by atoms with van der Waals surface area (Å²) in [5.41, 5.74) is 0. The Morgan fingerprint density at radius 2 is 1.68 bits per heavy atom. The fraction of sp³-hybridized carbons (Fsp3) is 0.333. The second-order valence-corrected chi connectivity index (χ2v) is 4.49. The van der Waals surface area contributed by atoms with Gasteiger partial charge in [-0.15, -0.1) is 0 Å². The number of benzene rings is 2. The quantitative estimate of drug-likeness (QED) is 0.591. The fourth-order valence-corrected chi connectivity index (χ4v) is 1.86. The van der Waals surface area contributed by atoms with Gasteiger partial charge in [-0.2, -0.15) is 0 Å². The second-order valence-electron chi connectivity index (χ2n) is 4.49. The van der Waals surface area contributed by atoms with Crippen LogP contribution in [-0.4, -0.2) is 33.2 Å². The van der Waals surface area contributed by atoms with E-state index in [1.165, 1.54) is 0 Å². The highest BCUT2D eigenvalue weighted by molar-refractivity contribution is 5.85. The lowest BCUT2D eigenvalue weighted by Gasteiger charge is -2.08. The first-order chi connectivity index (χ1) is 9.35. The van der Waals surface area contributed by atoms with Gasteiger partial charge in [0.25, 0.3) is 0 Å². The van der Waals surface area contributed by atoms with Crippen LogP contribution < -0.4 is 9.47 Å². The van der Waals surface area contributed by atoms with Crippen molar-refractivity contribution in [2.45, 2.75) is 6.10 Å². The monoisotopic (exact) mass is 260 g/mol. The Kier molecular flexibility index (Phi) is 3.53. The van der Waals surface area contributed by atoms with Gasteiger partial charge in [-0.25, -0.2) is 0 Å². The minimum Gasteiger partial charge on any atom is -0.491 e. The summed E-state index contributed by atoms with van der Waals surface area (Å²) >= 11 is 0. The van der Waals surface area contributed by atoms with Gasteiger partial charge in [-0.3, -0.25) is 0 Å². The highest BCUT2D eigenvalue weighted by Crippen LogP contribution is 2.25. The lowest BCUT2D eigenvalue weighted by molar-refractivity contribution is 0.0512. The van der Waals surface area contributed by atoms with Gasteiger partial charge in [0, 0.05) is 7.11 Å². The number of ether oxygens (including phenoxy) is 4. The van der Waals surface area contributed by atoms with Crippen LogP contribution in [0.15, 0.2) is 36.4 Å². The second kappa shape index (κ2) is 5.47. The molecule has 1 aliphatic rings. The fourth-order valence-electron chi connectivity index (χ4n) is 1.86. The van der Waals surface area contributed by atoms with E-state index in [9.17, 15) is 0 Å². The number of hydrogen-bond donors (Lipinski definition) is 0. The van der Waals surface area contributed by atoms with Gasteiger partial charge in [-0.05, 0) is 35.0 Å². The molecule has 4 heteroatoms. The molecule has 2 aromatic carbocycles. The van der Waals surface area contributed by atoms with Crippen LogP contribution in [0.25, 0.3) is 10.8 Å². The zero-order valence-electron chi connectivity index (χ0n) is 10.8. The minimum absolute atomic E-state index is 0.258. The van der Waals surface area contributed by atoms with E-state index in [4.69, 9.17) is 18.9 Å². The van der Waals surface area contributed by atoms with Crippen LogP contribution in [0.2, 0.25) is 0 Å². The van der Waals surface area contributed by atoms with E-state index in [1.807, 2.05) is 36.4 Å². The van der Waals surface area contributed by atoms with Gasteiger partial charge < -0.3 is 18.9 Å². The maximum absolute atomic E-state index is 5.66. The van der Waals surface area contributed by atoms with Crippen LogP contribution in [0, 0.1) is 0 Å². The van der Waals surface area contributed by atoms with Crippen molar-refractivity contribution >= 4 is 10.8 Å². The molecule has 1 aliphatic heterocycles. The molecule has 0 aliphatic carbocycles. The third-order valence-corrected chi connectivity index (χ3v) is 2.96. The van der Waals surface area contributed by atoms with Gasteiger partial charge in [0.1, 0.15) is 24.2 Å². The molecule has 0 spiro atoms. The van der Waals surface area contributed by atoms with Crippen LogP contribution >= 0.6 is 0 Å². The van der Waals surface area contributed by atoms with Crippen molar-refractivity contribution in [1.82, 2.24) is 0 Å². The van der Waals surface area contributed by atoms with Crippen LogP contribution in [0.1, 0.15) is 0 Å². The lowest BCUT2D eigenvalue weighted by Crippen LogP contribution is -2.03. The Morgan fingerprint density at radius 3 is 2.26 bits per heavy atom. The predicted molar refractivity (Wildman–Crippen MR) is 71.7 cm³/mol. The molecular weight excluding hydrogens is 244 g/mol. The van der Waals surface area contributed by atoms with E-state index in [-0.39, 0.29) is 12.9 Å². The average molecular weight is 260 g/mol. The molecule has 0 saturated carbocycles. The van der Waals surface area contributed by atoms with Gasteiger partial charge in [0.05, 0.1) is 6.61 Å². The summed E-state index contributed by atoms with van der Waals surface area (Å²) in [4.78, 5) is 0. The molecule has 19 heavy (non-hydrogen) atoms. The number of fused-ring (bicyclic) bond motifs is 1. The predicted octanol–water partition coefficient (Wildman–Crippen LogP) is 2.60. The van der Waals surface area contributed by atoms with Crippen molar-refractivity contribution in [1.29, 1.82) is 0 Å². The Hall–Kier alpha value is -1.78. The van der Waals surface area contributed by atoms with Crippen LogP contribution in [0.3, 0.4) is 0 Å². The summed E-state index contributed by atoms with van der Waals surface area (Å²) in [5, 5.41) is 2.24. The number of epoxide rings is 1. The summed E-state index contributed by atoms with van der Waals surface area (Å²) in [6.07, 6.45) is 0.278. The van der Waals surface area contributed by atoms with E-state index in [1.54, 1.807) is 7.11 Å². The Morgan fingerprint density at radius 1 is 1.05 bits per heavy atom. The first-order valence-corrected chi connectivity index (χ1v) is 6.25. The molecule has 2 aromatic rings. The summed E-state index contributed by atoms with van der Waals surface area (Å²) < 4.78 is 21.1. The third kappa shape index (κ3) is 3.16. The van der Waals surface area contributed by atoms with E-state index in [0.29, 0.717) is 6.61 Å². The van der Waals surface area contributed by atoms with E-state index in [2.05, 4.69) is 0 Å². The molecule has 0 amide bonds. The number of methoxy groups -OCH3 is 1. The highest BCUT2D eigenvalue weighted by atomic mass is 16.7. The molecule has 4 nitrogen and oxygen atoms in total. The molecule has 1 saturated heterocycles. The molecule has 1 atom stereocenters. The summed E-state index contributed by atoms with van der Waals surface area (Å²) in [6, 6.07) is 11.9. The zero-order valence-corrected chi connectivity index (χ0v) is 10.8. The molecule has 1 unspecified atom stereocenters. The molecule has 100 valence electrons. The topological polar surface area (TPSA) is 40.2 Å². The maximum Gasteiger partial charge on any atom is 0.188 e. The molecular formula is C15H16O4. The summed E-state index contributed by atoms with van der Waals surface area (Å²) in [5.74, 6) is 1.67. The molecule has 0 bridgehead atoms. The number of hydrogen-bond acceptors (Lipinski definition) is 4. The average Bonchev–Trinajstić information content (AvgIpc) is 3.26. The standard InChI is InChI=1S/C15H16O4/c1-16-10-19-14-5-3-11-6-13(4-2-12(11)7-14)17-8-15-9-18-15/h2-7,15H,8-10H2,1H3. The van der Waals surface area contributed by atoms with Crippen molar-refractivity contribution in [2.24, 2.45) is 0 Å². The molecule has 3 rings (SSSR count). The Labute approximate surface area is 111 Å². The van der Waals surface area contributed by atoms with Crippen LogP contribution in [-0.2, 0) is 9.47 Å². The largest absolute Gasteiger partial charge is 0.491 e. The van der Waals surface area contributed by atoms with Gasteiger partial charge >= 0.3 is 0 Å². The molecule has 0 radical (unpaired) electrons. The van der Waals surface area contributed by atoms with Gasteiger partial charge in [0.15, 0.2) is 6.79 Å². The van der Waals surface area contributed by atoms with E-state index < -0.39 is 0 Å². The first kappa shape index (κ1) is 12.3. The van der Waals surface area contributed by atoms with Crippen molar-refractivity contribution in [3.8, 4) is 11.5 Å². The number of rotatable bonds is 6. The molecule has 0 aromatic heterocycles. The SMILES string of the molecule is COCOc1ccc2cc(OCC3CO3)ccc2c1. The Balaban J connectivity index is 1.74. The van der Waals surface area contributed by atoms with Crippen LogP contribution in [0.4, 0.5) is 0 Å². The summed E-state index contributed by atoms with van der Waals surface area (Å²) in [6.45, 7) is 1.70. The first-order valence-electron chi connectivity index (χ1n) is 6.25. The van der Waals surface area contributed by atoms with Crippen molar-refractivity contribution in [3.05, 3.63) is 36.4 Å². The highest BCUT2D eigenvalue weighted by Gasteiger charge is 2.22.